The molecule has 0 unspecified atom stereocenters. The number of fused-ring (bicyclic) bond motifs is 8. The van der Waals surface area contributed by atoms with Crippen molar-refractivity contribution in [1.82, 2.24) is 9.97 Å². The molecule has 8 rings (SSSR count). The van der Waals surface area contributed by atoms with E-state index in [0.29, 0.717) is 0 Å². The van der Waals surface area contributed by atoms with E-state index in [9.17, 15) is 0 Å². The lowest BCUT2D eigenvalue weighted by molar-refractivity contribution is 1.23. The maximum absolute atomic E-state index is 5.19. The average molecular weight is 489 g/mol. The number of rotatable bonds is 2. The fourth-order valence-electron chi connectivity index (χ4n) is 5.53. The van der Waals surface area contributed by atoms with Crippen molar-refractivity contribution >= 4 is 64.0 Å². The lowest BCUT2D eigenvalue weighted by Gasteiger charge is -2.12. The molecule has 0 spiro atoms. The summed E-state index contributed by atoms with van der Waals surface area (Å²) in [6.45, 7) is 0. The second kappa shape index (κ2) is 7.95. The van der Waals surface area contributed by atoms with Crippen LogP contribution >= 0.6 is 11.3 Å². The molecule has 6 aromatic carbocycles. The van der Waals surface area contributed by atoms with E-state index in [0.717, 1.165) is 33.5 Å². The molecule has 0 fully saturated rings. The maximum Gasteiger partial charge on any atom is 0.160 e. The van der Waals surface area contributed by atoms with E-state index in [1.54, 1.807) is 0 Å². The molecule has 2 aromatic heterocycles. The third kappa shape index (κ3) is 3.18. The summed E-state index contributed by atoms with van der Waals surface area (Å²) < 4.78 is 2.65. The normalized spacial score (nSPS) is 11.8. The first-order valence-electron chi connectivity index (χ1n) is 12.4. The molecule has 0 N–H and O–H groups in total. The molecule has 2 nitrogen and oxygen atoms in total. The minimum absolute atomic E-state index is 0.749. The summed E-state index contributed by atoms with van der Waals surface area (Å²) in [5.41, 5.74) is 4.05. The third-order valence-corrected chi connectivity index (χ3v) is 8.39. The molecule has 0 aliphatic carbocycles. The van der Waals surface area contributed by atoms with Crippen molar-refractivity contribution in [2.24, 2.45) is 0 Å². The summed E-state index contributed by atoms with van der Waals surface area (Å²) >= 11 is 1.85. The summed E-state index contributed by atoms with van der Waals surface area (Å²) in [6.07, 6.45) is 0. The zero-order valence-electron chi connectivity index (χ0n) is 19.8. The fourth-order valence-corrected chi connectivity index (χ4v) is 6.65. The van der Waals surface area contributed by atoms with Gasteiger partial charge in [0.15, 0.2) is 5.82 Å². The summed E-state index contributed by atoms with van der Waals surface area (Å²) in [5.74, 6) is 0.749. The number of benzene rings is 6. The highest BCUT2D eigenvalue weighted by Crippen LogP contribution is 2.40. The second-order valence-corrected chi connectivity index (χ2v) is 10.5. The van der Waals surface area contributed by atoms with E-state index in [-0.39, 0.29) is 0 Å². The predicted octanol–water partition coefficient (Wildman–Crippen LogP) is 9.64. The summed E-state index contributed by atoms with van der Waals surface area (Å²) in [4.78, 5) is 10.3. The number of thiophene rings is 1. The van der Waals surface area contributed by atoms with Gasteiger partial charge in [0.05, 0.1) is 11.2 Å². The van der Waals surface area contributed by atoms with Crippen LogP contribution < -0.4 is 0 Å². The van der Waals surface area contributed by atoms with Gasteiger partial charge in [-0.05, 0) is 45.8 Å². The molecular formula is C34H20N2S. The van der Waals surface area contributed by atoms with E-state index in [2.05, 4.69) is 115 Å². The van der Waals surface area contributed by atoms with Gasteiger partial charge in [-0.2, -0.15) is 0 Å². The van der Waals surface area contributed by atoms with E-state index in [1.807, 2.05) is 17.4 Å². The molecule has 0 saturated heterocycles. The van der Waals surface area contributed by atoms with Gasteiger partial charge in [0.25, 0.3) is 0 Å². The standard InChI is InChI=1S/C34H20N2S/c1-2-9-22(10-3-1)33-32-25-11-5-4-8-21(25)15-18-28(32)35-34(36-33)24-14-17-26-23(20-24)16-19-30-31(26)27-12-6-7-13-29(27)37-30/h1-20H. The molecule has 8 aromatic rings. The van der Waals surface area contributed by atoms with Crippen molar-refractivity contribution in [2.45, 2.75) is 0 Å². The van der Waals surface area contributed by atoms with Crippen LogP contribution in [0.15, 0.2) is 121 Å². The van der Waals surface area contributed by atoms with Crippen LogP contribution in [0.1, 0.15) is 0 Å². The molecular weight excluding hydrogens is 468 g/mol. The van der Waals surface area contributed by atoms with Gasteiger partial charge < -0.3 is 0 Å². The van der Waals surface area contributed by atoms with Crippen molar-refractivity contribution < 1.29 is 0 Å². The van der Waals surface area contributed by atoms with Gasteiger partial charge in [-0.1, -0.05) is 97.1 Å². The number of nitrogens with zero attached hydrogens (tertiary/aromatic N) is 2. The minimum atomic E-state index is 0.749. The Morgan fingerprint density at radius 1 is 0.459 bits per heavy atom. The highest BCUT2D eigenvalue weighted by Gasteiger charge is 2.15. The first-order valence-corrected chi connectivity index (χ1v) is 13.2. The Morgan fingerprint density at radius 2 is 1.22 bits per heavy atom. The van der Waals surface area contributed by atoms with E-state index in [1.165, 1.54) is 41.7 Å². The first kappa shape index (κ1) is 20.6. The summed E-state index contributed by atoms with van der Waals surface area (Å²) in [7, 11) is 0. The highest BCUT2D eigenvalue weighted by molar-refractivity contribution is 7.26. The van der Waals surface area contributed by atoms with Crippen molar-refractivity contribution in [3.8, 4) is 22.6 Å². The van der Waals surface area contributed by atoms with Crippen LogP contribution in [-0.4, -0.2) is 9.97 Å². The average Bonchev–Trinajstić information content (AvgIpc) is 3.36. The molecule has 0 aliphatic rings. The fraction of sp³-hybridized carbons (Fsp3) is 0. The van der Waals surface area contributed by atoms with Crippen LogP contribution in [0.25, 0.3) is 75.3 Å². The molecule has 0 radical (unpaired) electrons. The van der Waals surface area contributed by atoms with Crippen molar-refractivity contribution in [3.63, 3.8) is 0 Å². The molecule has 2 heterocycles. The molecule has 3 heteroatoms. The zero-order valence-corrected chi connectivity index (χ0v) is 20.7. The Morgan fingerprint density at radius 3 is 2.14 bits per heavy atom. The lowest BCUT2D eigenvalue weighted by Crippen LogP contribution is -1.96. The van der Waals surface area contributed by atoms with E-state index < -0.39 is 0 Å². The van der Waals surface area contributed by atoms with Crippen LogP contribution in [-0.2, 0) is 0 Å². The van der Waals surface area contributed by atoms with E-state index in [4.69, 9.17) is 9.97 Å². The Hall–Kier alpha value is -4.60. The first-order chi connectivity index (χ1) is 18.3. The molecule has 172 valence electrons. The SMILES string of the molecule is c1ccc(-c2nc(-c3ccc4c(ccc5sc6ccccc6c54)c3)nc3ccc4ccccc4c23)cc1. The summed E-state index contributed by atoms with van der Waals surface area (Å²) in [5, 5.41) is 8.60. The van der Waals surface area contributed by atoms with Crippen LogP contribution in [0.2, 0.25) is 0 Å². The smallest absolute Gasteiger partial charge is 0.160 e. The van der Waals surface area contributed by atoms with Gasteiger partial charge in [0.2, 0.25) is 0 Å². The van der Waals surface area contributed by atoms with Gasteiger partial charge in [-0.3, -0.25) is 0 Å². The third-order valence-electron chi connectivity index (χ3n) is 7.25. The minimum Gasteiger partial charge on any atom is -0.228 e. The molecule has 0 atom stereocenters. The van der Waals surface area contributed by atoms with Crippen molar-refractivity contribution in [3.05, 3.63) is 121 Å². The molecule has 0 aliphatic heterocycles. The Bertz CT molecular complexity index is 2140. The summed E-state index contributed by atoms with van der Waals surface area (Å²) in [6, 6.07) is 43.0. The Kier molecular flexibility index (Phi) is 4.42. The largest absolute Gasteiger partial charge is 0.228 e. The lowest BCUT2D eigenvalue weighted by atomic mass is 9.99. The van der Waals surface area contributed by atoms with Gasteiger partial charge in [-0.15, -0.1) is 11.3 Å². The predicted molar refractivity (Wildman–Crippen MR) is 158 cm³/mol. The highest BCUT2D eigenvalue weighted by atomic mass is 32.1. The molecule has 0 saturated carbocycles. The second-order valence-electron chi connectivity index (χ2n) is 9.42. The van der Waals surface area contributed by atoms with Crippen molar-refractivity contribution in [1.29, 1.82) is 0 Å². The quantitative estimate of drug-likeness (QED) is 0.226. The van der Waals surface area contributed by atoms with Crippen LogP contribution in [0.3, 0.4) is 0 Å². The van der Waals surface area contributed by atoms with Gasteiger partial charge in [0.1, 0.15) is 0 Å². The molecule has 0 bridgehead atoms. The number of hydrogen-bond acceptors (Lipinski definition) is 3. The monoisotopic (exact) mass is 488 g/mol. The van der Waals surface area contributed by atoms with Crippen LogP contribution in [0.4, 0.5) is 0 Å². The Balaban J connectivity index is 1.40. The Labute approximate surface area is 217 Å². The van der Waals surface area contributed by atoms with Crippen LogP contribution in [0.5, 0.6) is 0 Å². The van der Waals surface area contributed by atoms with Gasteiger partial charge >= 0.3 is 0 Å². The molecule has 37 heavy (non-hydrogen) atoms. The molecule has 0 amide bonds. The van der Waals surface area contributed by atoms with Crippen LogP contribution in [0, 0.1) is 0 Å². The van der Waals surface area contributed by atoms with Gasteiger partial charge in [0, 0.05) is 36.7 Å². The van der Waals surface area contributed by atoms with Crippen molar-refractivity contribution in [2.75, 3.05) is 0 Å². The zero-order chi connectivity index (χ0) is 24.3. The number of hydrogen-bond donors (Lipinski definition) is 0. The number of aromatic nitrogens is 2. The topological polar surface area (TPSA) is 25.8 Å². The van der Waals surface area contributed by atoms with E-state index >= 15 is 0 Å². The van der Waals surface area contributed by atoms with Gasteiger partial charge in [-0.25, -0.2) is 9.97 Å². The maximum atomic E-state index is 5.19.